The van der Waals surface area contributed by atoms with Crippen LogP contribution in [0.1, 0.15) is 22.3 Å². The van der Waals surface area contributed by atoms with E-state index >= 15 is 0 Å². The van der Waals surface area contributed by atoms with Crippen molar-refractivity contribution in [1.29, 1.82) is 0 Å². The van der Waals surface area contributed by atoms with E-state index in [2.05, 4.69) is 350 Å². The highest BCUT2D eigenvalue weighted by molar-refractivity contribution is 6.38. The van der Waals surface area contributed by atoms with Crippen LogP contribution in [0.3, 0.4) is 0 Å². The maximum atomic E-state index is 7.29. The van der Waals surface area contributed by atoms with E-state index in [-0.39, 0.29) is 0 Å². The van der Waals surface area contributed by atoms with Crippen LogP contribution in [0.4, 0.5) is 34.1 Å². The monoisotopic (exact) mass is 1280 g/mol. The number of aromatic nitrogens is 2. The molecule has 0 N–H and O–H groups in total. The second-order valence-electron chi connectivity index (χ2n) is 27.2. The third-order valence-corrected chi connectivity index (χ3v) is 21.6. The van der Waals surface area contributed by atoms with Crippen LogP contribution in [-0.4, -0.2) is 8.80 Å². The highest BCUT2D eigenvalue weighted by Gasteiger charge is 2.33. The first-order valence-electron chi connectivity index (χ1n) is 34.6. The minimum absolute atomic E-state index is 0.859. The molecule has 6 heteroatoms. The second kappa shape index (κ2) is 21.3. The van der Waals surface area contributed by atoms with Crippen LogP contribution >= 0.6 is 0 Å². The Morgan fingerprint density at radius 3 is 1.01 bits per heavy atom. The average molecular weight is 1280 g/mol. The minimum Gasteiger partial charge on any atom is -0.453 e. The average Bonchev–Trinajstić information content (AvgIpc) is 1.49. The Balaban J connectivity index is 0.821. The van der Waals surface area contributed by atoms with Crippen molar-refractivity contribution < 1.29 is 8.83 Å². The summed E-state index contributed by atoms with van der Waals surface area (Å²) in [5.74, 6) is 0. The third-order valence-electron chi connectivity index (χ3n) is 21.6. The Morgan fingerprint density at radius 1 is 0.240 bits per heavy atom. The molecule has 6 aromatic heterocycles. The fourth-order valence-corrected chi connectivity index (χ4v) is 17.3. The normalized spacial score (nSPS) is 12.2. The van der Waals surface area contributed by atoms with Crippen molar-refractivity contribution in [2.45, 2.75) is 27.7 Å². The van der Waals surface area contributed by atoms with Crippen LogP contribution in [0, 0.1) is 27.7 Å². The fourth-order valence-electron chi connectivity index (χ4n) is 17.3. The molecule has 0 bridgehead atoms. The van der Waals surface area contributed by atoms with Crippen molar-refractivity contribution in [2.75, 3.05) is 9.80 Å². The quantitative estimate of drug-likeness (QED) is 0.137. The molecule has 0 saturated carbocycles. The number of benzene rings is 15. The van der Waals surface area contributed by atoms with Gasteiger partial charge in [-0.05, 0) is 133 Å². The molecule has 0 amide bonds. The van der Waals surface area contributed by atoms with Gasteiger partial charge < -0.3 is 27.4 Å². The topological polar surface area (TPSA) is 41.6 Å². The van der Waals surface area contributed by atoms with E-state index in [9.17, 15) is 0 Å². The molecule has 6 nitrogen and oxygen atoms in total. The summed E-state index contributed by atoms with van der Waals surface area (Å²) in [6.45, 7) is 8.78. The number of para-hydroxylation sites is 6. The molecule has 15 aromatic carbocycles. The summed E-state index contributed by atoms with van der Waals surface area (Å²) in [4.78, 5) is 4.84. The van der Waals surface area contributed by atoms with E-state index in [1.165, 1.54) is 110 Å². The van der Waals surface area contributed by atoms with Gasteiger partial charge in [0.15, 0.2) is 11.2 Å². The number of furan rings is 2. The lowest BCUT2D eigenvalue weighted by atomic mass is 9.89. The molecular formula is C94H62N4O2. The van der Waals surface area contributed by atoms with Gasteiger partial charge in [-0.25, -0.2) is 0 Å². The van der Waals surface area contributed by atoms with E-state index in [1.807, 2.05) is 0 Å². The third kappa shape index (κ3) is 7.84. The second-order valence-corrected chi connectivity index (χ2v) is 27.2. The van der Waals surface area contributed by atoms with Gasteiger partial charge in [-0.3, -0.25) is 0 Å². The van der Waals surface area contributed by atoms with Gasteiger partial charge in [0, 0.05) is 110 Å². The van der Waals surface area contributed by atoms with E-state index in [1.54, 1.807) is 0 Å². The molecule has 0 unspecified atom stereocenters. The summed E-state index contributed by atoms with van der Waals surface area (Å²) >= 11 is 0. The molecular weight excluding hydrogens is 1220 g/mol. The van der Waals surface area contributed by atoms with Gasteiger partial charge in [0.1, 0.15) is 11.2 Å². The Hall–Kier alpha value is -12.9. The smallest absolute Gasteiger partial charge is 0.159 e. The predicted molar refractivity (Wildman–Crippen MR) is 420 cm³/mol. The Kier molecular flexibility index (Phi) is 12.0. The van der Waals surface area contributed by atoms with Crippen molar-refractivity contribution in [3.05, 3.63) is 326 Å². The van der Waals surface area contributed by atoms with Gasteiger partial charge in [0.05, 0.1) is 44.5 Å². The lowest BCUT2D eigenvalue weighted by Crippen LogP contribution is -2.11. The zero-order chi connectivity index (χ0) is 66.2. The van der Waals surface area contributed by atoms with Crippen LogP contribution in [0.2, 0.25) is 0 Å². The number of fused-ring (bicyclic) bond motifs is 18. The molecule has 0 fully saturated rings. The van der Waals surface area contributed by atoms with Gasteiger partial charge in [-0.15, -0.1) is 0 Å². The van der Waals surface area contributed by atoms with Crippen LogP contribution in [0.5, 0.6) is 0 Å². The lowest BCUT2D eigenvalue weighted by Gasteiger charge is -2.27. The predicted octanol–water partition coefficient (Wildman–Crippen LogP) is 26.6. The largest absolute Gasteiger partial charge is 0.453 e. The summed E-state index contributed by atoms with van der Waals surface area (Å²) in [6.07, 6.45) is 0. The van der Waals surface area contributed by atoms with Crippen molar-refractivity contribution in [1.82, 2.24) is 8.80 Å². The van der Waals surface area contributed by atoms with E-state index in [4.69, 9.17) is 8.83 Å². The van der Waals surface area contributed by atoms with Crippen LogP contribution in [0.15, 0.2) is 312 Å². The molecule has 0 saturated heterocycles. The maximum Gasteiger partial charge on any atom is 0.159 e. The number of hydrogen-bond acceptors (Lipinski definition) is 4. The van der Waals surface area contributed by atoms with Gasteiger partial charge in [0.2, 0.25) is 0 Å². The first-order valence-corrected chi connectivity index (χ1v) is 34.6. The Morgan fingerprint density at radius 2 is 0.590 bits per heavy atom. The van der Waals surface area contributed by atoms with E-state index in [0.717, 1.165) is 111 Å². The van der Waals surface area contributed by atoms with Gasteiger partial charge >= 0.3 is 0 Å². The Labute approximate surface area is 575 Å². The van der Waals surface area contributed by atoms with Crippen LogP contribution < -0.4 is 9.80 Å². The number of hydrogen-bond donors (Lipinski definition) is 0. The summed E-state index contributed by atoms with van der Waals surface area (Å²) < 4.78 is 19.8. The van der Waals surface area contributed by atoms with Crippen LogP contribution in [0.25, 0.3) is 165 Å². The van der Waals surface area contributed by atoms with E-state index < -0.39 is 0 Å². The molecule has 470 valence electrons. The molecule has 6 heterocycles. The zero-order valence-electron chi connectivity index (χ0n) is 55.5. The van der Waals surface area contributed by atoms with Crippen molar-refractivity contribution >= 4 is 154 Å². The number of rotatable bonds is 10. The molecule has 21 rings (SSSR count). The highest BCUT2D eigenvalue weighted by Crippen LogP contribution is 2.56. The first-order chi connectivity index (χ1) is 49.3. The zero-order valence-corrected chi connectivity index (χ0v) is 55.5. The van der Waals surface area contributed by atoms with E-state index in [0.29, 0.717) is 0 Å². The van der Waals surface area contributed by atoms with Crippen molar-refractivity contribution in [3.8, 4) is 44.5 Å². The SMILES string of the molecule is Cc1ccccc1-c1cccc2c1oc1c(N(c3ccccc3)c3ccc4c(c3)c3cccc5c6c(-c7ccccc7)c7c(c(-c8ccccc8)c6n4c35)c3cccc4c5cc(N(c6ccccc6)c6c(C)ccc8c6oc6c(-c9ccccc9C)cccc68)ccc5n7c43)c(C)ccc12. The van der Waals surface area contributed by atoms with Gasteiger partial charge in [-0.1, -0.05) is 243 Å². The van der Waals surface area contributed by atoms with Gasteiger partial charge in [0.25, 0.3) is 0 Å². The number of aryl methyl sites for hydroxylation is 4. The standard InChI is InChI=1S/C94H62N4O2/c1-55-25-17-19-35-65(55)69-39-23-41-71-73-49-45-57(3)85(93(73)99-91(69)71)95(61-31-13-7-14-32-61)63-47-51-79-77(53-63)67-37-21-43-75-83-82(60-29-11-6-12-30-60)90-84(81(59-27-9-5-10-28-59)89(83)97(79)87(67)75)76-44-22-38-68-78-54-64(48-52-80(78)98(90)88(68)76)96(62-33-15-8-16-34-62)86-58(4)46-50-74-72-42-24-40-70(92(72)100-94(74)86)66-36-20-18-26-56(66)2/h5-54H,1-4H3. The molecule has 100 heavy (non-hydrogen) atoms. The highest BCUT2D eigenvalue weighted by atomic mass is 16.3. The Bertz CT molecular complexity index is 6520. The minimum atomic E-state index is 0.859. The summed E-state index contributed by atoms with van der Waals surface area (Å²) in [6, 6.07) is 111. The summed E-state index contributed by atoms with van der Waals surface area (Å²) in [5.41, 5.74) is 30.7. The summed E-state index contributed by atoms with van der Waals surface area (Å²) in [5, 5.41) is 14.0. The van der Waals surface area contributed by atoms with Crippen molar-refractivity contribution in [3.63, 3.8) is 0 Å². The van der Waals surface area contributed by atoms with Crippen LogP contribution in [-0.2, 0) is 0 Å². The maximum absolute atomic E-state index is 7.29. The summed E-state index contributed by atoms with van der Waals surface area (Å²) in [7, 11) is 0. The fraction of sp³-hybridized carbons (Fsp3) is 0.0426. The molecule has 0 aliphatic rings. The lowest BCUT2D eigenvalue weighted by molar-refractivity contribution is 0.669. The number of nitrogens with zero attached hydrogens (tertiary/aromatic N) is 4. The molecule has 21 aromatic rings. The molecule has 0 atom stereocenters. The van der Waals surface area contributed by atoms with Gasteiger partial charge in [-0.2, -0.15) is 0 Å². The molecule has 0 aliphatic carbocycles. The molecule has 0 aliphatic heterocycles. The number of anilines is 6. The first kappa shape index (κ1) is 56.3. The molecule has 0 spiro atoms. The molecule has 0 radical (unpaired) electrons. The van der Waals surface area contributed by atoms with Crippen molar-refractivity contribution in [2.24, 2.45) is 0 Å².